The molecule has 172 valence electrons. The van der Waals surface area contributed by atoms with Crippen molar-refractivity contribution < 1.29 is 17.9 Å². The van der Waals surface area contributed by atoms with Gasteiger partial charge in [-0.2, -0.15) is 9.41 Å². The molecule has 7 nitrogen and oxygen atoms in total. The summed E-state index contributed by atoms with van der Waals surface area (Å²) in [6.07, 6.45) is 1.44. The summed E-state index contributed by atoms with van der Waals surface area (Å²) >= 11 is 5.94. The van der Waals surface area contributed by atoms with Gasteiger partial charge in [-0.15, -0.1) is 0 Å². The second kappa shape index (κ2) is 11.1. The van der Waals surface area contributed by atoms with Gasteiger partial charge in [-0.25, -0.2) is 13.8 Å². The molecule has 0 heterocycles. The second-order valence-electron chi connectivity index (χ2n) is 7.24. The van der Waals surface area contributed by atoms with Crippen molar-refractivity contribution in [2.75, 3.05) is 13.7 Å². The molecule has 0 aliphatic heterocycles. The molecule has 3 aromatic rings. The lowest BCUT2D eigenvalue weighted by molar-refractivity contribution is -0.121. The van der Waals surface area contributed by atoms with Crippen LogP contribution < -0.4 is 10.2 Å². The first-order chi connectivity index (χ1) is 15.8. The predicted molar refractivity (Wildman–Crippen MR) is 129 cm³/mol. The molecule has 0 aromatic heterocycles. The number of nitrogens with one attached hydrogen (secondary N) is 1. The molecule has 0 aliphatic rings. The summed E-state index contributed by atoms with van der Waals surface area (Å²) in [7, 11) is -2.46. The lowest BCUT2D eigenvalue weighted by Gasteiger charge is -2.22. The fraction of sp³-hybridized carbons (Fsp3) is 0.167. The molecule has 1 N–H and O–H groups in total. The number of amides is 1. The van der Waals surface area contributed by atoms with E-state index in [4.69, 9.17) is 16.3 Å². The summed E-state index contributed by atoms with van der Waals surface area (Å²) in [5.74, 6) is 0.00896. The zero-order valence-electron chi connectivity index (χ0n) is 18.2. The van der Waals surface area contributed by atoms with Crippen LogP contribution in [0.15, 0.2) is 82.8 Å². The highest BCUT2D eigenvalue weighted by molar-refractivity contribution is 7.89. The fourth-order valence-corrected chi connectivity index (χ4v) is 4.80. The van der Waals surface area contributed by atoms with Crippen LogP contribution in [0.2, 0.25) is 5.02 Å². The molecule has 0 atom stereocenters. The molecule has 0 fully saturated rings. The first-order valence-electron chi connectivity index (χ1n) is 10.1. The van der Waals surface area contributed by atoms with Crippen molar-refractivity contribution in [1.29, 1.82) is 0 Å². The Labute approximate surface area is 198 Å². The highest BCUT2D eigenvalue weighted by atomic mass is 35.5. The van der Waals surface area contributed by atoms with Crippen molar-refractivity contribution >= 4 is 33.7 Å². The van der Waals surface area contributed by atoms with Gasteiger partial charge in [0.25, 0.3) is 5.91 Å². The minimum atomic E-state index is -3.98. The number of carbonyl (C=O) groups is 1. The molecule has 0 saturated carbocycles. The van der Waals surface area contributed by atoms with E-state index in [0.29, 0.717) is 21.9 Å². The number of hydrazone groups is 1. The van der Waals surface area contributed by atoms with Crippen LogP contribution in [0.5, 0.6) is 5.75 Å². The van der Waals surface area contributed by atoms with Gasteiger partial charge in [0.1, 0.15) is 5.75 Å². The van der Waals surface area contributed by atoms with Crippen LogP contribution >= 0.6 is 11.6 Å². The van der Waals surface area contributed by atoms with E-state index in [9.17, 15) is 13.2 Å². The zero-order chi connectivity index (χ0) is 23.8. The Morgan fingerprint density at radius 3 is 2.52 bits per heavy atom. The Hall–Kier alpha value is -3.20. The second-order valence-corrected chi connectivity index (χ2v) is 9.61. The standard InChI is InChI=1S/C24H24ClN3O4S/c1-18-13-22(11-12-23(18)32-2)33(30,31)28(16-19-7-4-3-5-8-19)17-24(29)27-26-15-20-9-6-10-21(25)14-20/h3-15H,16-17H2,1-2H3,(H,27,29). The Morgan fingerprint density at radius 2 is 1.85 bits per heavy atom. The number of ether oxygens (including phenoxy) is 1. The van der Waals surface area contributed by atoms with Gasteiger partial charge >= 0.3 is 0 Å². The number of methoxy groups -OCH3 is 1. The zero-order valence-corrected chi connectivity index (χ0v) is 19.8. The third kappa shape index (κ3) is 6.64. The average molecular weight is 486 g/mol. The third-order valence-electron chi connectivity index (χ3n) is 4.78. The summed E-state index contributed by atoms with van der Waals surface area (Å²) in [4.78, 5) is 12.6. The number of carbonyl (C=O) groups excluding carboxylic acids is 1. The van der Waals surface area contributed by atoms with Crippen molar-refractivity contribution in [3.63, 3.8) is 0 Å². The quantitative estimate of drug-likeness (QED) is 0.366. The van der Waals surface area contributed by atoms with Crippen LogP contribution in [-0.4, -0.2) is 38.5 Å². The van der Waals surface area contributed by atoms with Crippen molar-refractivity contribution in [3.8, 4) is 5.75 Å². The van der Waals surface area contributed by atoms with Crippen molar-refractivity contribution in [2.24, 2.45) is 5.10 Å². The average Bonchev–Trinajstić information content (AvgIpc) is 2.79. The number of benzene rings is 3. The summed E-state index contributed by atoms with van der Waals surface area (Å²) in [5, 5.41) is 4.45. The molecule has 1 amide bonds. The topological polar surface area (TPSA) is 88.1 Å². The van der Waals surface area contributed by atoms with Gasteiger partial charge in [0.2, 0.25) is 10.0 Å². The lowest BCUT2D eigenvalue weighted by Crippen LogP contribution is -2.39. The van der Waals surface area contributed by atoms with Crippen LogP contribution in [0.3, 0.4) is 0 Å². The predicted octanol–water partition coefficient (Wildman–Crippen LogP) is 4.00. The van der Waals surface area contributed by atoms with E-state index in [1.54, 1.807) is 49.4 Å². The maximum atomic E-state index is 13.4. The van der Waals surface area contributed by atoms with Crippen LogP contribution in [0.25, 0.3) is 0 Å². The first kappa shape index (κ1) is 24.4. The normalized spacial score (nSPS) is 11.6. The van der Waals surface area contributed by atoms with Crippen molar-refractivity contribution in [2.45, 2.75) is 18.4 Å². The summed E-state index contributed by atoms with van der Waals surface area (Å²) in [5.41, 5.74) is 4.51. The maximum absolute atomic E-state index is 13.4. The number of nitrogens with zero attached hydrogens (tertiary/aromatic N) is 2. The molecule has 3 aromatic carbocycles. The molecule has 0 spiro atoms. The number of halogens is 1. The highest BCUT2D eigenvalue weighted by Crippen LogP contribution is 2.24. The molecule has 3 rings (SSSR count). The lowest BCUT2D eigenvalue weighted by atomic mass is 10.2. The van der Waals surface area contributed by atoms with Gasteiger partial charge in [0.05, 0.1) is 24.8 Å². The molecule has 0 saturated heterocycles. The Kier molecular flexibility index (Phi) is 8.21. The van der Waals surface area contributed by atoms with Crippen LogP contribution in [0.4, 0.5) is 0 Å². The summed E-state index contributed by atoms with van der Waals surface area (Å²) in [6, 6.07) is 20.6. The van der Waals surface area contributed by atoms with E-state index in [1.165, 1.54) is 25.5 Å². The van der Waals surface area contributed by atoms with Crippen LogP contribution in [0.1, 0.15) is 16.7 Å². The number of hydrogen-bond acceptors (Lipinski definition) is 5. The van der Waals surface area contributed by atoms with Gasteiger partial charge in [-0.05, 0) is 53.9 Å². The van der Waals surface area contributed by atoms with Gasteiger partial charge in [-0.3, -0.25) is 4.79 Å². The molecule has 0 unspecified atom stereocenters. The van der Waals surface area contributed by atoms with E-state index in [2.05, 4.69) is 10.5 Å². The first-order valence-corrected chi connectivity index (χ1v) is 11.9. The minimum Gasteiger partial charge on any atom is -0.496 e. The Morgan fingerprint density at radius 1 is 1.09 bits per heavy atom. The van der Waals surface area contributed by atoms with E-state index in [0.717, 1.165) is 9.87 Å². The fourth-order valence-electron chi connectivity index (χ4n) is 3.13. The molecule has 9 heteroatoms. The largest absolute Gasteiger partial charge is 0.496 e. The van der Waals surface area contributed by atoms with Gasteiger partial charge in [0, 0.05) is 11.6 Å². The molecule has 0 aliphatic carbocycles. The van der Waals surface area contributed by atoms with E-state index < -0.39 is 22.5 Å². The monoisotopic (exact) mass is 485 g/mol. The molecule has 0 bridgehead atoms. The Balaban J connectivity index is 1.81. The molecule has 0 radical (unpaired) electrons. The maximum Gasteiger partial charge on any atom is 0.255 e. The minimum absolute atomic E-state index is 0.0275. The SMILES string of the molecule is COc1ccc(S(=O)(=O)N(CC(=O)NN=Cc2cccc(Cl)c2)Cc2ccccc2)cc1C. The highest BCUT2D eigenvalue weighted by Gasteiger charge is 2.27. The smallest absolute Gasteiger partial charge is 0.255 e. The molecule has 33 heavy (non-hydrogen) atoms. The molecular formula is C24H24ClN3O4S. The number of aryl methyl sites for hydroxylation is 1. The Bertz CT molecular complexity index is 1250. The summed E-state index contributed by atoms with van der Waals surface area (Å²) in [6.45, 7) is 1.38. The number of rotatable bonds is 9. The van der Waals surface area contributed by atoms with E-state index >= 15 is 0 Å². The van der Waals surface area contributed by atoms with Gasteiger partial charge in [-0.1, -0.05) is 54.1 Å². The van der Waals surface area contributed by atoms with Crippen LogP contribution in [-0.2, 0) is 21.4 Å². The van der Waals surface area contributed by atoms with Gasteiger partial charge in [0.15, 0.2) is 0 Å². The summed E-state index contributed by atoms with van der Waals surface area (Å²) < 4.78 is 33.2. The van der Waals surface area contributed by atoms with Crippen molar-refractivity contribution in [1.82, 2.24) is 9.73 Å². The van der Waals surface area contributed by atoms with Gasteiger partial charge < -0.3 is 4.74 Å². The van der Waals surface area contributed by atoms with Crippen molar-refractivity contribution in [3.05, 3.63) is 94.5 Å². The van der Waals surface area contributed by atoms with E-state index in [-0.39, 0.29) is 11.4 Å². The van der Waals surface area contributed by atoms with Crippen LogP contribution in [0, 0.1) is 6.92 Å². The number of sulfonamides is 1. The number of hydrogen-bond donors (Lipinski definition) is 1. The molecular weight excluding hydrogens is 462 g/mol. The van der Waals surface area contributed by atoms with E-state index in [1.807, 2.05) is 18.2 Å². The third-order valence-corrected chi connectivity index (χ3v) is 6.80.